The number of rotatable bonds is 2. The van der Waals surface area contributed by atoms with Gasteiger partial charge >= 0.3 is 0 Å². The highest BCUT2D eigenvalue weighted by Gasteiger charge is 2.35. The van der Waals surface area contributed by atoms with Gasteiger partial charge in [0.25, 0.3) is 0 Å². The number of Topliss-reactive ketones (excluding diaryl/α,β-unsaturated/α-hetero) is 2. The molecular formula is C13H13BrO2. The van der Waals surface area contributed by atoms with Gasteiger partial charge in [0.15, 0.2) is 0 Å². The Labute approximate surface area is 103 Å². The van der Waals surface area contributed by atoms with Crippen LogP contribution in [0.5, 0.6) is 0 Å². The van der Waals surface area contributed by atoms with E-state index in [-0.39, 0.29) is 11.6 Å². The Hall–Kier alpha value is -0.960. The maximum absolute atomic E-state index is 11.7. The molecule has 1 aromatic carbocycles. The van der Waals surface area contributed by atoms with E-state index < -0.39 is 5.92 Å². The number of hydrogen-bond acceptors (Lipinski definition) is 2. The molecule has 0 unspecified atom stereocenters. The van der Waals surface area contributed by atoms with E-state index in [2.05, 4.69) is 15.9 Å². The van der Waals surface area contributed by atoms with Gasteiger partial charge in [-0.15, -0.1) is 0 Å². The van der Waals surface area contributed by atoms with Crippen molar-refractivity contribution in [1.82, 2.24) is 0 Å². The predicted molar refractivity (Wildman–Crippen MR) is 65.5 cm³/mol. The summed E-state index contributed by atoms with van der Waals surface area (Å²) in [5, 5.41) is 0. The maximum Gasteiger partial charge on any atom is 0.148 e. The molecule has 1 aliphatic rings. The Balaban J connectivity index is 2.49. The van der Waals surface area contributed by atoms with Crippen molar-refractivity contribution in [2.45, 2.75) is 32.1 Å². The lowest BCUT2D eigenvalue weighted by Gasteiger charge is -2.12. The number of ketones is 2. The molecule has 1 saturated carbocycles. The van der Waals surface area contributed by atoms with Crippen molar-refractivity contribution in [2.24, 2.45) is 0 Å². The minimum absolute atomic E-state index is 0.0674. The molecule has 0 amide bonds. The van der Waals surface area contributed by atoms with Gasteiger partial charge in [0.1, 0.15) is 17.5 Å². The molecule has 0 aromatic heterocycles. The highest BCUT2D eigenvalue weighted by molar-refractivity contribution is 9.10. The topological polar surface area (TPSA) is 34.1 Å². The van der Waals surface area contributed by atoms with Gasteiger partial charge in [-0.2, -0.15) is 0 Å². The fraction of sp³-hybridized carbons (Fsp3) is 0.385. The van der Waals surface area contributed by atoms with Gasteiger partial charge in [0.2, 0.25) is 0 Å². The van der Waals surface area contributed by atoms with Crippen LogP contribution in [0.25, 0.3) is 0 Å². The van der Waals surface area contributed by atoms with Crippen LogP contribution in [0.3, 0.4) is 0 Å². The molecule has 0 heterocycles. The van der Waals surface area contributed by atoms with Crippen molar-refractivity contribution in [2.75, 3.05) is 0 Å². The SMILES string of the molecule is CCc1ccc(Br)cc1C1C(=O)CCC1=O. The van der Waals surface area contributed by atoms with Crippen LogP contribution in [0.1, 0.15) is 36.8 Å². The summed E-state index contributed by atoms with van der Waals surface area (Å²) >= 11 is 3.39. The molecule has 1 aromatic rings. The monoisotopic (exact) mass is 280 g/mol. The van der Waals surface area contributed by atoms with Gasteiger partial charge in [-0.05, 0) is 29.7 Å². The second kappa shape index (κ2) is 4.50. The lowest BCUT2D eigenvalue weighted by atomic mass is 9.90. The fourth-order valence-electron chi connectivity index (χ4n) is 2.22. The lowest BCUT2D eigenvalue weighted by Crippen LogP contribution is -2.14. The van der Waals surface area contributed by atoms with Crippen LogP contribution >= 0.6 is 15.9 Å². The molecule has 0 N–H and O–H groups in total. The molecule has 1 aliphatic carbocycles. The summed E-state index contributed by atoms with van der Waals surface area (Å²) in [6, 6.07) is 5.84. The molecule has 2 rings (SSSR count). The minimum Gasteiger partial charge on any atom is -0.299 e. The average molecular weight is 281 g/mol. The van der Waals surface area contributed by atoms with E-state index in [4.69, 9.17) is 0 Å². The van der Waals surface area contributed by atoms with Crippen molar-refractivity contribution < 1.29 is 9.59 Å². The number of hydrogen-bond donors (Lipinski definition) is 0. The Kier molecular flexibility index (Phi) is 3.24. The van der Waals surface area contributed by atoms with Crippen LogP contribution in [0, 0.1) is 0 Å². The first kappa shape index (κ1) is 11.5. The third kappa shape index (κ3) is 1.96. The normalized spacial score (nSPS) is 17.1. The van der Waals surface area contributed by atoms with Crippen LogP contribution in [0.4, 0.5) is 0 Å². The molecule has 0 radical (unpaired) electrons. The molecular weight excluding hydrogens is 268 g/mol. The summed E-state index contributed by atoms with van der Waals surface area (Å²) in [6.07, 6.45) is 1.65. The van der Waals surface area contributed by atoms with Gasteiger partial charge in [-0.3, -0.25) is 9.59 Å². The minimum atomic E-state index is -0.507. The maximum atomic E-state index is 11.7. The first-order valence-electron chi connectivity index (χ1n) is 5.47. The van der Waals surface area contributed by atoms with Gasteiger partial charge in [0, 0.05) is 17.3 Å². The Bertz CT molecular complexity index is 435. The summed E-state index contributed by atoms with van der Waals surface area (Å²) in [4.78, 5) is 23.5. The summed E-state index contributed by atoms with van der Waals surface area (Å²) in [7, 11) is 0. The van der Waals surface area contributed by atoms with E-state index in [0.29, 0.717) is 12.8 Å². The van der Waals surface area contributed by atoms with Crippen molar-refractivity contribution in [3.05, 3.63) is 33.8 Å². The molecule has 1 fully saturated rings. The zero-order chi connectivity index (χ0) is 11.7. The molecule has 84 valence electrons. The quantitative estimate of drug-likeness (QED) is 0.781. The summed E-state index contributed by atoms with van der Waals surface area (Å²) in [6.45, 7) is 2.04. The molecule has 0 saturated heterocycles. The second-order valence-electron chi connectivity index (χ2n) is 4.06. The highest BCUT2D eigenvalue weighted by Crippen LogP contribution is 2.32. The van der Waals surface area contributed by atoms with Crippen molar-refractivity contribution >= 4 is 27.5 Å². The Morgan fingerprint density at radius 2 is 1.88 bits per heavy atom. The van der Waals surface area contributed by atoms with Crippen LogP contribution < -0.4 is 0 Å². The summed E-state index contributed by atoms with van der Waals surface area (Å²) in [5.74, 6) is -0.372. The van der Waals surface area contributed by atoms with Crippen LogP contribution in [0.2, 0.25) is 0 Å². The fourth-order valence-corrected chi connectivity index (χ4v) is 2.60. The van der Waals surface area contributed by atoms with Gasteiger partial charge in [-0.1, -0.05) is 28.9 Å². The zero-order valence-corrected chi connectivity index (χ0v) is 10.7. The molecule has 0 spiro atoms. The standard InChI is InChI=1S/C13H13BrO2/c1-2-8-3-4-9(14)7-10(8)13-11(15)5-6-12(13)16/h3-4,7,13H,2,5-6H2,1H3. The average Bonchev–Trinajstić information content (AvgIpc) is 2.58. The van der Waals surface area contributed by atoms with Crippen LogP contribution in [-0.2, 0) is 16.0 Å². The van der Waals surface area contributed by atoms with Gasteiger partial charge < -0.3 is 0 Å². The summed E-state index contributed by atoms with van der Waals surface area (Å²) < 4.78 is 0.923. The number of carbonyl (C=O) groups is 2. The first-order valence-corrected chi connectivity index (χ1v) is 6.26. The molecule has 0 aliphatic heterocycles. The number of aryl methyl sites for hydroxylation is 1. The summed E-state index contributed by atoms with van der Waals surface area (Å²) in [5.41, 5.74) is 1.99. The molecule has 0 bridgehead atoms. The van der Waals surface area contributed by atoms with E-state index in [1.807, 2.05) is 25.1 Å². The molecule has 16 heavy (non-hydrogen) atoms. The lowest BCUT2D eigenvalue weighted by molar-refractivity contribution is -0.123. The van der Waals surface area contributed by atoms with E-state index in [1.165, 1.54) is 0 Å². The third-order valence-electron chi connectivity index (χ3n) is 3.06. The zero-order valence-electron chi connectivity index (χ0n) is 9.13. The Morgan fingerprint density at radius 1 is 1.25 bits per heavy atom. The van der Waals surface area contributed by atoms with E-state index in [9.17, 15) is 9.59 Å². The van der Waals surface area contributed by atoms with E-state index in [1.54, 1.807) is 0 Å². The van der Waals surface area contributed by atoms with Gasteiger partial charge in [-0.25, -0.2) is 0 Å². The number of benzene rings is 1. The molecule has 0 atom stereocenters. The first-order chi connectivity index (χ1) is 7.63. The van der Waals surface area contributed by atoms with Crippen molar-refractivity contribution in [1.29, 1.82) is 0 Å². The van der Waals surface area contributed by atoms with Crippen molar-refractivity contribution in [3.63, 3.8) is 0 Å². The van der Waals surface area contributed by atoms with E-state index in [0.717, 1.165) is 22.0 Å². The van der Waals surface area contributed by atoms with Crippen LogP contribution in [0.15, 0.2) is 22.7 Å². The second-order valence-corrected chi connectivity index (χ2v) is 4.98. The smallest absolute Gasteiger partial charge is 0.148 e. The van der Waals surface area contributed by atoms with E-state index >= 15 is 0 Å². The molecule has 2 nitrogen and oxygen atoms in total. The van der Waals surface area contributed by atoms with Crippen molar-refractivity contribution in [3.8, 4) is 0 Å². The number of carbonyl (C=O) groups excluding carboxylic acids is 2. The van der Waals surface area contributed by atoms with Crippen LogP contribution in [-0.4, -0.2) is 11.6 Å². The third-order valence-corrected chi connectivity index (χ3v) is 3.55. The Morgan fingerprint density at radius 3 is 2.44 bits per heavy atom. The predicted octanol–water partition coefficient (Wildman–Crippen LogP) is 3.03. The largest absolute Gasteiger partial charge is 0.299 e. The number of halogens is 1. The molecule has 3 heteroatoms. The highest BCUT2D eigenvalue weighted by atomic mass is 79.9. The van der Waals surface area contributed by atoms with Gasteiger partial charge in [0.05, 0.1) is 0 Å².